The number of rotatable bonds is 5. The molecule has 1 unspecified atom stereocenters. The van der Waals surface area contributed by atoms with E-state index < -0.39 is 0 Å². The van der Waals surface area contributed by atoms with Gasteiger partial charge in [0.1, 0.15) is 12.2 Å². The van der Waals surface area contributed by atoms with Gasteiger partial charge in [-0.05, 0) is 31.8 Å². The summed E-state index contributed by atoms with van der Waals surface area (Å²) in [7, 11) is 2.00. The van der Waals surface area contributed by atoms with Crippen LogP contribution in [0.15, 0.2) is 6.33 Å². The molecule has 0 radical (unpaired) electrons. The molecule has 16 heavy (non-hydrogen) atoms. The number of nitrogens with zero attached hydrogens (tertiary/aromatic N) is 3. The topological polar surface area (TPSA) is 42.7 Å². The van der Waals surface area contributed by atoms with Crippen molar-refractivity contribution in [2.24, 2.45) is 11.3 Å². The number of nitrogens with one attached hydrogen (secondary N) is 1. The van der Waals surface area contributed by atoms with Gasteiger partial charge in [-0.3, -0.25) is 4.68 Å². The molecule has 1 aromatic rings. The maximum atomic E-state index is 4.35. The maximum absolute atomic E-state index is 4.35. The lowest BCUT2D eigenvalue weighted by Crippen LogP contribution is -2.32. The van der Waals surface area contributed by atoms with Crippen molar-refractivity contribution in [2.45, 2.75) is 40.7 Å². The summed E-state index contributed by atoms with van der Waals surface area (Å²) in [5.74, 6) is 1.67. The van der Waals surface area contributed by atoms with Crippen LogP contribution in [0.4, 0.5) is 0 Å². The normalized spacial score (nSPS) is 14.1. The molecule has 1 heterocycles. The maximum Gasteiger partial charge on any atom is 0.138 e. The summed E-state index contributed by atoms with van der Waals surface area (Å²) in [6, 6.07) is 0. The first-order valence-corrected chi connectivity index (χ1v) is 6.00. The SMILES string of the molecule is CCn1ncnc1CC(CNC)C(C)(C)C. The van der Waals surface area contributed by atoms with Crippen LogP contribution in [-0.4, -0.2) is 28.4 Å². The van der Waals surface area contributed by atoms with Crippen molar-refractivity contribution < 1.29 is 0 Å². The minimum Gasteiger partial charge on any atom is -0.319 e. The van der Waals surface area contributed by atoms with E-state index in [9.17, 15) is 0 Å². The minimum absolute atomic E-state index is 0.285. The number of hydrogen-bond acceptors (Lipinski definition) is 3. The Morgan fingerprint density at radius 3 is 2.62 bits per heavy atom. The Kier molecular flexibility index (Phi) is 4.47. The molecule has 1 atom stereocenters. The molecule has 0 aliphatic rings. The highest BCUT2D eigenvalue weighted by molar-refractivity contribution is 4.91. The fourth-order valence-corrected chi connectivity index (χ4v) is 1.86. The summed E-state index contributed by atoms with van der Waals surface area (Å²) < 4.78 is 1.98. The van der Waals surface area contributed by atoms with Gasteiger partial charge in [0.15, 0.2) is 0 Å². The summed E-state index contributed by atoms with van der Waals surface area (Å²) >= 11 is 0. The fourth-order valence-electron chi connectivity index (χ4n) is 1.86. The van der Waals surface area contributed by atoms with Crippen LogP contribution >= 0.6 is 0 Å². The van der Waals surface area contributed by atoms with Crippen LogP contribution < -0.4 is 5.32 Å². The van der Waals surface area contributed by atoms with Gasteiger partial charge >= 0.3 is 0 Å². The molecule has 0 fully saturated rings. The van der Waals surface area contributed by atoms with E-state index in [0.29, 0.717) is 5.92 Å². The zero-order chi connectivity index (χ0) is 12.2. The third-order valence-corrected chi connectivity index (χ3v) is 3.10. The second-order valence-electron chi connectivity index (χ2n) is 5.32. The Morgan fingerprint density at radius 2 is 2.12 bits per heavy atom. The summed E-state index contributed by atoms with van der Waals surface area (Å²) in [6.45, 7) is 10.8. The van der Waals surface area contributed by atoms with Crippen molar-refractivity contribution in [2.75, 3.05) is 13.6 Å². The van der Waals surface area contributed by atoms with E-state index in [0.717, 1.165) is 25.3 Å². The van der Waals surface area contributed by atoms with Gasteiger partial charge in [-0.15, -0.1) is 0 Å². The van der Waals surface area contributed by atoms with Crippen LogP contribution in [0, 0.1) is 11.3 Å². The van der Waals surface area contributed by atoms with Crippen molar-refractivity contribution >= 4 is 0 Å². The van der Waals surface area contributed by atoms with Gasteiger partial charge in [0.05, 0.1) is 0 Å². The quantitative estimate of drug-likeness (QED) is 0.828. The first kappa shape index (κ1) is 13.2. The standard InChI is InChI=1S/C12H24N4/c1-6-16-11(14-9-15-16)7-10(8-13-5)12(2,3)4/h9-10,13H,6-8H2,1-5H3. The molecule has 0 aromatic carbocycles. The van der Waals surface area contributed by atoms with Crippen molar-refractivity contribution in [3.63, 3.8) is 0 Å². The highest BCUT2D eigenvalue weighted by Crippen LogP contribution is 2.27. The van der Waals surface area contributed by atoms with Crippen LogP contribution in [0.2, 0.25) is 0 Å². The van der Waals surface area contributed by atoms with Gasteiger partial charge in [-0.2, -0.15) is 5.10 Å². The van der Waals surface area contributed by atoms with Crippen LogP contribution in [0.1, 0.15) is 33.5 Å². The molecule has 4 nitrogen and oxygen atoms in total. The number of aryl methyl sites for hydroxylation is 1. The Bertz CT molecular complexity index is 311. The zero-order valence-corrected chi connectivity index (χ0v) is 11.1. The lowest BCUT2D eigenvalue weighted by molar-refractivity contribution is 0.229. The molecule has 92 valence electrons. The third kappa shape index (κ3) is 3.30. The monoisotopic (exact) mass is 224 g/mol. The van der Waals surface area contributed by atoms with E-state index in [1.165, 1.54) is 0 Å². The summed E-state index contributed by atoms with van der Waals surface area (Å²) in [5.41, 5.74) is 0.285. The summed E-state index contributed by atoms with van der Waals surface area (Å²) in [4.78, 5) is 4.35. The van der Waals surface area contributed by atoms with E-state index in [4.69, 9.17) is 0 Å². The minimum atomic E-state index is 0.285. The second-order valence-corrected chi connectivity index (χ2v) is 5.32. The van der Waals surface area contributed by atoms with E-state index >= 15 is 0 Å². The van der Waals surface area contributed by atoms with E-state index in [1.807, 2.05) is 11.7 Å². The molecule has 0 saturated carbocycles. The smallest absolute Gasteiger partial charge is 0.138 e. The molecule has 0 aliphatic heterocycles. The van der Waals surface area contributed by atoms with Crippen molar-refractivity contribution in [1.29, 1.82) is 0 Å². The molecule has 1 rings (SSSR count). The van der Waals surface area contributed by atoms with Crippen LogP contribution in [0.5, 0.6) is 0 Å². The molecule has 1 aromatic heterocycles. The number of aromatic nitrogens is 3. The van der Waals surface area contributed by atoms with Crippen LogP contribution in [-0.2, 0) is 13.0 Å². The lowest BCUT2D eigenvalue weighted by atomic mass is 9.78. The van der Waals surface area contributed by atoms with Crippen molar-refractivity contribution in [3.8, 4) is 0 Å². The molecule has 0 aliphatic carbocycles. The van der Waals surface area contributed by atoms with Gasteiger partial charge in [-0.1, -0.05) is 20.8 Å². The van der Waals surface area contributed by atoms with Crippen LogP contribution in [0.25, 0.3) is 0 Å². The third-order valence-electron chi connectivity index (χ3n) is 3.10. The predicted molar refractivity (Wildman–Crippen MR) is 66.3 cm³/mol. The second kappa shape index (κ2) is 5.43. The van der Waals surface area contributed by atoms with Gasteiger partial charge in [0.2, 0.25) is 0 Å². The van der Waals surface area contributed by atoms with E-state index in [-0.39, 0.29) is 5.41 Å². The Hall–Kier alpha value is -0.900. The fraction of sp³-hybridized carbons (Fsp3) is 0.833. The molecular weight excluding hydrogens is 200 g/mol. The lowest BCUT2D eigenvalue weighted by Gasteiger charge is -2.30. The first-order valence-electron chi connectivity index (χ1n) is 6.00. The van der Waals surface area contributed by atoms with Gasteiger partial charge < -0.3 is 5.32 Å². The molecule has 1 N–H and O–H groups in total. The Balaban J connectivity index is 2.75. The number of hydrogen-bond donors (Lipinski definition) is 1. The van der Waals surface area contributed by atoms with E-state index in [2.05, 4.69) is 43.1 Å². The highest BCUT2D eigenvalue weighted by Gasteiger charge is 2.25. The van der Waals surface area contributed by atoms with Gasteiger partial charge in [0.25, 0.3) is 0 Å². The van der Waals surface area contributed by atoms with Gasteiger partial charge in [0, 0.05) is 13.0 Å². The average Bonchev–Trinajstić information content (AvgIpc) is 2.63. The first-order chi connectivity index (χ1) is 7.49. The Morgan fingerprint density at radius 1 is 1.44 bits per heavy atom. The van der Waals surface area contributed by atoms with Gasteiger partial charge in [-0.25, -0.2) is 4.98 Å². The molecule has 0 bridgehead atoms. The largest absolute Gasteiger partial charge is 0.319 e. The van der Waals surface area contributed by atoms with Crippen LogP contribution in [0.3, 0.4) is 0 Å². The highest BCUT2D eigenvalue weighted by atomic mass is 15.3. The molecule has 0 amide bonds. The average molecular weight is 224 g/mol. The van der Waals surface area contributed by atoms with E-state index in [1.54, 1.807) is 6.33 Å². The summed E-state index contributed by atoms with van der Waals surface area (Å²) in [5, 5.41) is 7.48. The zero-order valence-electron chi connectivity index (χ0n) is 11.1. The van der Waals surface area contributed by atoms with Crippen molar-refractivity contribution in [1.82, 2.24) is 20.1 Å². The summed E-state index contributed by atoms with van der Waals surface area (Å²) in [6.07, 6.45) is 2.64. The van der Waals surface area contributed by atoms with Crippen molar-refractivity contribution in [3.05, 3.63) is 12.2 Å². The molecule has 4 heteroatoms. The molecule has 0 saturated heterocycles. The molecule has 0 spiro atoms. The molecular formula is C12H24N4. The Labute approximate surface area is 98.5 Å². The predicted octanol–water partition coefficient (Wildman–Crippen LogP) is 1.72.